The molecule has 1 fully saturated rings. The Morgan fingerprint density at radius 3 is 2.53 bits per heavy atom. The van der Waals surface area contributed by atoms with Gasteiger partial charge in [0.15, 0.2) is 0 Å². The minimum Gasteiger partial charge on any atom is -0.364 e. The van der Waals surface area contributed by atoms with Gasteiger partial charge in [-0.25, -0.2) is 8.78 Å². The summed E-state index contributed by atoms with van der Waals surface area (Å²) in [6.07, 6.45) is 3.01. The molecule has 2 nitrogen and oxygen atoms in total. The van der Waals surface area contributed by atoms with Crippen LogP contribution in [0.5, 0.6) is 0 Å². The molecule has 0 aliphatic carbocycles. The lowest BCUT2D eigenvalue weighted by molar-refractivity contribution is 0.561. The number of benzene rings is 1. The van der Waals surface area contributed by atoms with Crippen molar-refractivity contribution in [1.82, 2.24) is 5.32 Å². The third-order valence-electron chi connectivity index (χ3n) is 3.67. The van der Waals surface area contributed by atoms with Crippen LogP contribution in [0.3, 0.4) is 0 Å². The van der Waals surface area contributed by atoms with Crippen LogP contribution in [-0.2, 0) is 6.54 Å². The summed E-state index contributed by atoms with van der Waals surface area (Å²) in [5.74, 6) is -0.885. The minimum atomic E-state index is -0.443. The Kier molecular flexibility index (Phi) is 4.75. The first-order chi connectivity index (χ1) is 9.13. The Hall–Kier alpha value is -1.16. The highest BCUT2D eigenvalue weighted by Crippen LogP contribution is 2.31. The Labute approximate surface area is 113 Å². The Balaban J connectivity index is 2.17. The first-order valence-corrected chi connectivity index (χ1v) is 7.08. The zero-order valence-electron chi connectivity index (χ0n) is 11.7. The highest BCUT2D eigenvalue weighted by molar-refractivity contribution is 5.52. The predicted molar refractivity (Wildman–Crippen MR) is 74.4 cm³/mol. The highest BCUT2D eigenvalue weighted by Gasteiger charge is 2.26. The maximum absolute atomic E-state index is 14.1. The molecule has 1 saturated heterocycles. The Morgan fingerprint density at radius 2 is 2.00 bits per heavy atom. The van der Waals surface area contributed by atoms with E-state index in [0.29, 0.717) is 12.1 Å². The van der Waals surface area contributed by atoms with Gasteiger partial charge < -0.3 is 10.2 Å². The molecule has 1 heterocycles. The van der Waals surface area contributed by atoms with Crippen LogP contribution in [0.4, 0.5) is 14.5 Å². The summed E-state index contributed by atoms with van der Waals surface area (Å²) < 4.78 is 28.3. The summed E-state index contributed by atoms with van der Waals surface area (Å²) in [7, 11) is 0. The van der Waals surface area contributed by atoms with E-state index in [2.05, 4.69) is 12.2 Å². The number of hydrogen-bond acceptors (Lipinski definition) is 2. The van der Waals surface area contributed by atoms with E-state index in [1.165, 1.54) is 12.1 Å². The van der Waals surface area contributed by atoms with Gasteiger partial charge in [0.25, 0.3) is 0 Å². The average molecular weight is 268 g/mol. The van der Waals surface area contributed by atoms with Crippen LogP contribution in [0.15, 0.2) is 12.1 Å². The van der Waals surface area contributed by atoms with E-state index in [-0.39, 0.29) is 11.7 Å². The Bertz CT molecular complexity index is 411. The lowest BCUT2D eigenvalue weighted by Crippen LogP contribution is -2.28. The van der Waals surface area contributed by atoms with Gasteiger partial charge in [0.05, 0.1) is 0 Å². The maximum atomic E-state index is 14.1. The monoisotopic (exact) mass is 268 g/mol. The van der Waals surface area contributed by atoms with Gasteiger partial charge in [-0.15, -0.1) is 0 Å². The van der Waals surface area contributed by atoms with E-state index >= 15 is 0 Å². The molecule has 0 radical (unpaired) electrons. The second-order valence-corrected chi connectivity index (χ2v) is 5.27. The molecule has 1 unspecified atom stereocenters. The van der Waals surface area contributed by atoms with E-state index in [1.807, 2.05) is 11.8 Å². The number of hydrogen-bond donors (Lipinski definition) is 1. The number of anilines is 1. The minimum absolute atomic E-state index is 0.143. The summed E-state index contributed by atoms with van der Waals surface area (Å²) >= 11 is 0. The third-order valence-corrected chi connectivity index (χ3v) is 3.67. The van der Waals surface area contributed by atoms with Crippen LogP contribution in [0.2, 0.25) is 0 Å². The SMILES string of the molecule is CCCNCc1cc(F)c(N2CCCC2C)c(F)c1. The second kappa shape index (κ2) is 6.33. The first kappa shape index (κ1) is 14.3. The topological polar surface area (TPSA) is 15.3 Å². The highest BCUT2D eigenvalue weighted by atomic mass is 19.1. The van der Waals surface area contributed by atoms with Gasteiger partial charge in [-0.3, -0.25) is 0 Å². The molecule has 0 spiro atoms. The fourth-order valence-electron chi connectivity index (χ4n) is 2.67. The second-order valence-electron chi connectivity index (χ2n) is 5.27. The van der Waals surface area contributed by atoms with Gasteiger partial charge in [0.2, 0.25) is 0 Å². The number of halogens is 2. The van der Waals surface area contributed by atoms with E-state index in [4.69, 9.17) is 0 Å². The lowest BCUT2D eigenvalue weighted by atomic mass is 10.1. The van der Waals surface area contributed by atoms with Gasteiger partial charge in [-0.2, -0.15) is 0 Å². The zero-order chi connectivity index (χ0) is 13.8. The quantitative estimate of drug-likeness (QED) is 0.823. The van der Waals surface area contributed by atoms with Crippen LogP contribution >= 0.6 is 0 Å². The molecule has 0 saturated carbocycles. The maximum Gasteiger partial charge on any atom is 0.149 e. The third kappa shape index (κ3) is 3.24. The molecule has 1 atom stereocenters. The van der Waals surface area contributed by atoms with Crippen LogP contribution in [-0.4, -0.2) is 19.1 Å². The van der Waals surface area contributed by atoms with Gasteiger partial charge in [0.1, 0.15) is 17.3 Å². The molecule has 106 valence electrons. The van der Waals surface area contributed by atoms with Crippen molar-refractivity contribution in [2.24, 2.45) is 0 Å². The Morgan fingerprint density at radius 1 is 1.32 bits per heavy atom. The normalized spacial score (nSPS) is 19.2. The molecule has 0 amide bonds. The summed E-state index contributed by atoms with van der Waals surface area (Å²) in [5.41, 5.74) is 0.809. The molecule has 19 heavy (non-hydrogen) atoms. The molecule has 0 aromatic heterocycles. The number of nitrogens with zero attached hydrogens (tertiary/aromatic N) is 1. The zero-order valence-corrected chi connectivity index (χ0v) is 11.7. The molecule has 1 aliphatic heterocycles. The van der Waals surface area contributed by atoms with Crippen molar-refractivity contribution >= 4 is 5.69 Å². The lowest BCUT2D eigenvalue weighted by Gasteiger charge is -2.25. The molecule has 1 aliphatic rings. The summed E-state index contributed by atoms with van der Waals surface area (Å²) in [4.78, 5) is 1.84. The molecular weight excluding hydrogens is 246 g/mol. The van der Waals surface area contributed by atoms with Crippen LogP contribution in [0.1, 0.15) is 38.7 Å². The number of nitrogens with one attached hydrogen (secondary N) is 1. The molecule has 0 bridgehead atoms. The predicted octanol–water partition coefficient (Wildman–Crippen LogP) is 3.45. The molecular formula is C15H22F2N2. The van der Waals surface area contributed by atoms with Crippen LogP contribution < -0.4 is 10.2 Å². The van der Waals surface area contributed by atoms with Gasteiger partial charge in [0, 0.05) is 19.1 Å². The van der Waals surface area contributed by atoms with Gasteiger partial charge in [-0.1, -0.05) is 6.92 Å². The molecule has 1 N–H and O–H groups in total. The standard InChI is InChI=1S/C15H22F2N2/c1-3-6-18-10-12-8-13(16)15(14(17)9-12)19-7-4-5-11(19)2/h8-9,11,18H,3-7,10H2,1-2H3. The van der Waals surface area contributed by atoms with E-state index in [0.717, 1.165) is 32.4 Å². The van der Waals surface area contributed by atoms with Crippen LogP contribution in [0, 0.1) is 11.6 Å². The van der Waals surface area contributed by atoms with Crippen molar-refractivity contribution in [3.8, 4) is 0 Å². The van der Waals surface area contributed by atoms with E-state index < -0.39 is 11.6 Å². The van der Waals surface area contributed by atoms with Gasteiger partial charge in [-0.05, 0) is 50.4 Å². The number of rotatable bonds is 5. The fourth-order valence-corrected chi connectivity index (χ4v) is 2.67. The van der Waals surface area contributed by atoms with Crippen molar-refractivity contribution < 1.29 is 8.78 Å². The van der Waals surface area contributed by atoms with Crippen molar-refractivity contribution in [3.05, 3.63) is 29.3 Å². The van der Waals surface area contributed by atoms with E-state index in [1.54, 1.807) is 0 Å². The molecule has 4 heteroatoms. The first-order valence-electron chi connectivity index (χ1n) is 7.08. The van der Waals surface area contributed by atoms with Crippen molar-refractivity contribution in [1.29, 1.82) is 0 Å². The van der Waals surface area contributed by atoms with Gasteiger partial charge >= 0.3 is 0 Å². The molecule has 1 aromatic rings. The summed E-state index contributed by atoms with van der Waals surface area (Å²) in [6, 6.07) is 3.12. The fraction of sp³-hybridized carbons (Fsp3) is 0.600. The van der Waals surface area contributed by atoms with Crippen molar-refractivity contribution in [3.63, 3.8) is 0 Å². The van der Waals surface area contributed by atoms with Crippen LogP contribution in [0.25, 0.3) is 0 Å². The summed E-state index contributed by atoms with van der Waals surface area (Å²) in [5, 5.41) is 3.16. The van der Waals surface area contributed by atoms with E-state index in [9.17, 15) is 8.78 Å². The largest absolute Gasteiger partial charge is 0.364 e. The van der Waals surface area contributed by atoms with Crippen molar-refractivity contribution in [2.45, 2.75) is 45.7 Å². The average Bonchev–Trinajstić information content (AvgIpc) is 2.75. The summed E-state index contributed by atoms with van der Waals surface area (Å²) in [6.45, 7) is 6.18. The molecule has 2 rings (SSSR count). The van der Waals surface area contributed by atoms with Crippen molar-refractivity contribution in [2.75, 3.05) is 18.0 Å². The smallest absolute Gasteiger partial charge is 0.149 e. The molecule has 1 aromatic carbocycles.